The maximum Gasteiger partial charge on any atom is 0.271 e. The summed E-state index contributed by atoms with van der Waals surface area (Å²) in [6, 6.07) is 7.17. The van der Waals surface area contributed by atoms with Crippen LogP contribution in [0.1, 0.15) is 10.4 Å². The Labute approximate surface area is 128 Å². The van der Waals surface area contributed by atoms with E-state index in [0.717, 1.165) is 0 Å². The van der Waals surface area contributed by atoms with Crippen LogP contribution >= 0.6 is 15.9 Å². The zero-order valence-corrected chi connectivity index (χ0v) is 12.5. The van der Waals surface area contributed by atoms with Crippen LogP contribution in [0, 0.1) is 10.1 Å². The second kappa shape index (κ2) is 6.31. The van der Waals surface area contributed by atoms with Crippen molar-refractivity contribution in [1.82, 2.24) is 4.98 Å². The molecule has 1 aromatic heterocycles. The Kier molecular flexibility index (Phi) is 4.49. The Bertz CT molecular complexity index is 688. The minimum atomic E-state index is -0.545. The molecule has 0 saturated carbocycles. The van der Waals surface area contributed by atoms with Crippen molar-refractivity contribution in [2.75, 3.05) is 12.4 Å². The molecule has 0 saturated heterocycles. The number of nitrogens with zero attached hydrogens (tertiary/aromatic N) is 2. The first-order valence-electron chi connectivity index (χ1n) is 5.76. The van der Waals surface area contributed by atoms with Gasteiger partial charge < -0.3 is 10.1 Å². The van der Waals surface area contributed by atoms with E-state index in [9.17, 15) is 14.9 Å². The Balaban J connectivity index is 2.29. The summed E-state index contributed by atoms with van der Waals surface area (Å²) >= 11 is 3.17. The lowest BCUT2D eigenvalue weighted by Gasteiger charge is -2.09. The number of aromatic nitrogens is 1. The van der Waals surface area contributed by atoms with E-state index in [-0.39, 0.29) is 11.4 Å². The summed E-state index contributed by atoms with van der Waals surface area (Å²) in [5.41, 5.74) is 0.409. The van der Waals surface area contributed by atoms with E-state index in [0.29, 0.717) is 15.9 Å². The minimum absolute atomic E-state index is 0.139. The summed E-state index contributed by atoms with van der Waals surface area (Å²) in [6.45, 7) is 0. The molecule has 0 unspecified atom stereocenters. The average Bonchev–Trinajstić information content (AvgIpc) is 2.47. The summed E-state index contributed by atoms with van der Waals surface area (Å²) < 4.78 is 5.68. The molecular formula is C13H10BrN3O4. The number of nitro benzene ring substituents is 1. The molecule has 1 amide bonds. The highest BCUT2D eigenvalue weighted by Crippen LogP contribution is 2.29. The Morgan fingerprint density at radius 2 is 2.14 bits per heavy atom. The predicted molar refractivity (Wildman–Crippen MR) is 79.5 cm³/mol. The average molecular weight is 352 g/mol. The van der Waals surface area contributed by atoms with Gasteiger partial charge in [-0.25, -0.2) is 4.98 Å². The quantitative estimate of drug-likeness (QED) is 0.519. The van der Waals surface area contributed by atoms with Crippen LogP contribution in [0.4, 0.5) is 11.4 Å². The molecule has 1 aromatic carbocycles. The Hall–Kier alpha value is -2.48. The molecule has 0 fully saturated rings. The van der Waals surface area contributed by atoms with E-state index in [1.165, 1.54) is 31.5 Å². The molecule has 0 aliphatic carbocycles. The van der Waals surface area contributed by atoms with Gasteiger partial charge in [0.25, 0.3) is 11.6 Å². The largest absolute Gasteiger partial charge is 0.495 e. The fraction of sp³-hybridized carbons (Fsp3) is 0.0769. The van der Waals surface area contributed by atoms with Gasteiger partial charge in [0.15, 0.2) is 0 Å². The molecule has 0 atom stereocenters. The third kappa shape index (κ3) is 3.54. The van der Waals surface area contributed by atoms with E-state index in [1.54, 1.807) is 12.1 Å². The first-order chi connectivity index (χ1) is 10.0. The molecule has 21 heavy (non-hydrogen) atoms. The third-order valence-electron chi connectivity index (χ3n) is 2.63. The molecule has 0 aliphatic rings. The number of anilines is 1. The van der Waals surface area contributed by atoms with Crippen molar-refractivity contribution in [2.24, 2.45) is 0 Å². The first kappa shape index (κ1) is 14.9. The molecule has 1 N–H and O–H groups in total. The van der Waals surface area contributed by atoms with E-state index >= 15 is 0 Å². The normalized spacial score (nSPS) is 10.0. The summed E-state index contributed by atoms with van der Waals surface area (Å²) in [4.78, 5) is 26.3. The van der Waals surface area contributed by atoms with Crippen molar-refractivity contribution >= 4 is 33.2 Å². The molecule has 7 nitrogen and oxygen atoms in total. The van der Waals surface area contributed by atoms with E-state index in [1.807, 2.05) is 0 Å². The van der Waals surface area contributed by atoms with Crippen molar-refractivity contribution in [3.05, 3.63) is 56.8 Å². The van der Waals surface area contributed by atoms with Gasteiger partial charge in [-0.2, -0.15) is 0 Å². The maximum absolute atomic E-state index is 12.1. The predicted octanol–water partition coefficient (Wildman–Crippen LogP) is 3.01. The van der Waals surface area contributed by atoms with Crippen molar-refractivity contribution in [3.8, 4) is 5.75 Å². The smallest absolute Gasteiger partial charge is 0.271 e. The van der Waals surface area contributed by atoms with Crippen LogP contribution in [0.15, 0.2) is 41.1 Å². The number of methoxy groups -OCH3 is 1. The number of non-ortho nitro benzene ring substituents is 1. The molecular weight excluding hydrogens is 342 g/mol. The van der Waals surface area contributed by atoms with Gasteiger partial charge in [0.2, 0.25) is 0 Å². The van der Waals surface area contributed by atoms with E-state index < -0.39 is 10.8 Å². The number of pyridine rings is 1. The van der Waals surface area contributed by atoms with Gasteiger partial charge in [0.1, 0.15) is 10.4 Å². The number of amides is 1. The fourth-order valence-corrected chi connectivity index (χ4v) is 1.85. The fourth-order valence-electron chi connectivity index (χ4n) is 1.61. The molecule has 108 valence electrons. The molecule has 0 bridgehead atoms. The summed E-state index contributed by atoms with van der Waals surface area (Å²) in [5.74, 6) is -0.104. The van der Waals surface area contributed by atoms with Crippen LogP contribution in [-0.4, -0.2) is 22.9 Å². The number of ether oxygens (including phenoxy) is 1. The molecule has 1 heterocycles. The topological polar surface area (TPSA) is 94.4 Å². The number of carbonyl (C=O) groups excluding carboxylic acids is 1. The van der Waals surface area contributed by atoms with Crippen LogP contribution in [0.5, 0.6) is 5.75 Å². The Morgan fingerprint density at radius 1 is 1.38 bits per heavy atom. The van der Waals surface area contributed by atoms with E-state index in [4.69, 9.17) is 4.74 Å². The van der Waals surface area contributed by atoms with Gasteiger partial charge in [-0.05, 0) is 34.1 Å². The van der Waals surface area contributed by atoms with Crippen LogP contribution in [-0.2, 0) is 0 Å². The van der Waals surface area contributed by atoms with Crippen molar-refractivity contribution in [1.29, 1.82) is 0 Å². The summed E-state index contributed by atoms with van der Waals surface area (Å²) in [5, 5.41) is 13.4. The van der Waals surface area contributed by atoms with Gasteiger partial charge in [-0.1, -0.05) is 0 Å². The van der Waals surface area contributed by atoms with Gasteiger partial charge >= 0.3 is 0 Å². The monoisotopic (exact) mass is 351 g/mol. The van der Waals surface area contributed by atoms with Crippen LogP contribution in [0.3, 0.4) is 0 Å². The summed E-state index contributed by atoms with van der Waals surface area (Å²) in [6.07, 6.45) is 1.39. The second-order valence-corrected chi connectivity index (χ2v) is 4.78. The molecule has 2 aromatic rings. The number of benzene rings is 1. The zero-order valence-electron chi connectivity index (χ0n) is 10.9. The van der Waals surface area contributed by atoms with Crippen LogP contribution in [0.25, 0.3) is 0 Å². The number of hydrogen-bond acceptors (Lipinski definition) is 5. The number of halogens is 1. The first-order valence-corrected chi connectivity index (χ1v) is 6.56. The highest BCUT2D eigenvalue weighted by atomic mass is 79.9. The zero-order chi connectivity index (χ0) is 15.4. The molecule has 0 aliphatic heterocycles. The van der Waals surface area contributed by atoms with E-state index in [2.05, 4.69) is 26.2 Å². The number of rotatable bonds is 4. The second-order valence-electron chi connectivity index (χ2n) is 3.97. The number of nitrogens with one attached hydrogen (secondary N) is 1. The highest BCUT2D eigenvalue weighted by molar-refractivity contribution is 9.10. The minimum Gasteiger partial charge on any atom is -0.495 e. The van der Waals surface area contributed by atoms with Crippen molar-refractivity contribution in [2.45, 2.75) is 0 Å². The van der Waals surface area contributed by atoms with Gasteiger partial charge in [-0.15, -0.1) is 0 Å². The van der Waals surface area contributed by atoms with Crippen LogP contribution in [0.2, 0.25) is 0 Å². The van der Waals surface area contributed by atoms with Gasteiger partial charge in [0, 0.05) is 18.3 Å². The SMILES string of the molecule is COc1ccc([N+](=O)[O-])cc1NC(=O)c1ccc(Br)nc1. The van der Waals surface area contributed by atoms with Gasteiger partial charge in [0.05, 0.1) is 23.3 Å². The molecule has 0 spiro atoms. The number of carbonyl (C=O) groups is 1. The van der Waals surface area contributed by atoms with Gasteiger partial charge in [-0.3, -0.25) is 14.9 Å². The highest BCUT2D eigenvalue weighted by Gasteiger charge is 2.14. The molecule has 8 heteroatoms. The Morgan fingerprint density at radius 3 is 2.71 bits per heavy atom. The van der Waals surface area contributed by atoms with Crippen LogP contribution < -0.4 is 10.1 Å². The van der Waals surface area contributed by atoms with Crippen molar-refractivity contribution < 1.29 is 14.5 Å². The third-order valence-corrected chi connectivity index (χ3v) is 3.10. The lowest BCUT2D eigenvalue weighted by molar-refractivity contribution is -0.384. The summed E-state index contributed by atoms with van der Waals surface area (Å²) in [7, 11) is 1.41. The maximum atomic E-state index is 12.1. The number of hydrogen-bond donors (Lipinski definition) is 1. The number of nitro groups is 1. The standard InChI is InChI=1S/C13H10BrN3O4/c1-21-11-4-3-9(17(19)20)6-10(11)16-13(18)8-2-5-12(14)15-7-8/h2-7H,1H3,(H,16,18). The molecule has 0 radical (unpaired) electrons. The molecule has 2 rings (SSSR count). The lowest BCUT2D eigenvalue weighted by Crippen LogP contribution is -2.13. The lowest BCUT2D eigenvalue weighted by atomic mass is 10.2. The van der Waals surface area contributed by atoms with Crippen molar-refractivity contribution in [3.63, 3.8) is 0 Å².